The standard InChI is InChI=1S/C8H8N6O4S/c15-14(16)8-2-1-6(3-9-8)19(17,18)12-4-7-10-5-11-13-7/h1-3,5,12H,4H2,(H,10,11,13). The van der Waals surface area contributed by atoms with Crippen molar-refractivity contribution in [3.63, 3.8) is 0 Å². The third-order valence-corrected chi connectivity index (χ3v) is 3.50. The third-order valence-electron chi connectivity index (χ3n) is 2.11. The van der Waals surface area contributed by atoms with E-state index in [9.17, 15) is 18.5 Å². The van der Waals surface area contributed by atoms with Gasteiger partial charge in [-0.2, -0.15) is 5.10 Å². The minimum Gasteiger partial charge on any atom is -0.358 e. The maximum absolute atomic E-state index is 11.8. The van der Waals surface area contributed by atoms with Crippen molar-refractivity contribution < 1.29 is 13.3 Å². The number of hydrogen-bond acceptors (Lipinski definition) is 7. The fourth-order valence-corrected chi connectivity index (χ4v) is 2.13. The van der Waals surface area contributed by atoms with Crippen molar-refractivity contribution in [3.05, 3.63) is 40.6 Å². The van der Waals surface area contributed by atoms with Gasteiger partial charge >= 0.3 is 5.82 Å². The molecule has 2 heterocycles. The quantitative estimate of drug-likeness (QED) is 0.560. The molecule has 0 atom stereocenters. The maximum Gasteiger partial charge on any atom is 0.363 e. The van der Waals surface area contributed by atoms with Gasteiger partial charge in [-0.15, -0.1) is 0 Å². The normalized spacial score (nSPS) is 11.4. The Morgan fingerprint density at radius 3 is 2.68 bits per heavy atom. The predicted molar refractivity (Wildman–Crippen MR) is 61.3 cm³/mol. The second kappa shape index (κ2) is 5.07. The molecule has 0 radical (unpaired) electrons. The molecule has 2 N–H and O–H groups in total. The number of aromatic nitrogens is 4. The average molecular weight is 284 g/mol. The van der Waals surface area contributed by atoms with Gasteiger partial charge in [-0.1, -0.05) is 0 Å². The summed E-state index contributed by atoms with van der Waals surface area (Å²) in [6.07, 6.45) is 2.16. The second-order valence-electron chi connectivity index (χ2n) is 3.37. The highest BCUT2D eigenvalue weighted by molar-refractivity contribution is 7.89. The summed E-state index contributed by atoms with van der Waals surface area (Å²) in [5.41, 5.74) is 0. The van der Waals surface area contributed by atoms with Crippen molar-refractivity contribution >= 4 is 15.8 Å². The van der Waals surface area contributed by atoms with Gasteiger partial charge in [0.05, 0.1) is 6.54 Å². The molecule has 19 heavy (non-hydrogen) atoms. The zero-order chi connectivity index (χ0) is 13.9. The molecule has 2 aromatic heterocycles. The van der Waals surface area contributed by atoms with Crippen LogP contribution in [0.3, 0.4) is 0 Å². The lowest BCUT2D eigenvalue weighted by atomic mass is 10.5. The first kappa shape index (κ1) is 13.0. The van der Waals surface area contributed by atoms with E-state index in [4.69, 9.17) is 0 Å². The fraction of sp³-hybridized carbons (Fsp3) is 0.125. The van der Waals surface area contributed by atoms with Gasteiger partial charge in [0, 0.05) is 6.07 Å². The number of hydrogen-bond donors (Lipinski definition) is 2. The van der Waals surface area contributed by atoms with Crippen LogP contribution in [-0.4, -0.2) is 33.5 Å². The van der Waals surface area contributed by atoms with E-state index in [0.29, 0.717) is 5.82 Å². The van der Waals surface area contributed by atoms with Gasteiger partial charge in [0.2, 0.25) is 10.0 Å². The van der Waals surface area contributed by atoms with E-state index in [1.165, 1.54) is 6.33 Å². The van der Waals surface area contributed by atoms with Crippen LogP contribution in [-0.2, 0) is 16.6 Å². The first-order valence-corrected chi connectivity index (χ1v) is 6.42. The van der Waals surface area contributed by atoms with Crippen LogP contribution in [0.5, 0.6) is 0 Å². The Morgan fingerprint density at radius 1 is 1.37 bits per heavy atom. The van der Waals surface area contributed by atoms with Crippen molar-refractivity contribution in [2.45, 2.75) is 11.4 Å². The Hall–Kier alpha value is -2.40. The molecule has 0 unspecified atom stereocenters. The first-order valence-electron chi connectivity index (χ1n) is 4.93. The molecular weight excluding hydrogens is 276 g/mol. The van der Waals surface area contributed by atoms with Crippen molar-refractivity contribution in [2.75, 3.05) is 0 Å². The van der Waals surface area contributed by atoms with Gasteiger partial charge in [-0.25, -0.2) is 18.1 Å². The summed E-state index contributed by atoms with van der Waals surface area (Å²) in [5, 5.41) is 16.5. The summed E-state index contributed by atoms with van der Waals surface area (Å²) in [7, 11) is -3.80. The van der Waals surface area contributed by atoms with Gasteiger partial charge < -0.3 is 10.1 Å². The molecule has 0 aliphatic heterocycles. The van der Waals surface area contributed by atoms with Crippen molar-refractivity contribution in [3.8, 4) is 0 Å². The molecule has 0 saturated carbocycles. The summed E-state index contributed by atoms with van der Waals surface area (Å²) in [6.45, 7) is -0.0701. The lowest BCUT2D eigenvalue weighted by Crippen LogP contribution is -2.24. The molecule has 0 fully saturated rings. The van der Waals surface area contributed by atoms with Crippen LogP contribution in [0.4, 0.5) is 5.82 Å². The Morgan fingerprint density at radius 2 is 2.16 bits per heavy atom. The summed E-state index contributed by atoms with van der Waals surface area (Å²) < 4.78 is 25.9. The van der Waals surface area contributed by atoms with Crippen molar-refractivity contribution in [1.29, 1.82) is 0 Å². The highest BCUT2D eigenvalue weighted by atomic mass is 32.2. The molecule has 10 nitrogen and oxygen atoms in total. The van der Waals surface area contributed by atoms with Gasteiger partial charge in [0.25, 0.3) is 0 Å². The lowest BCUT2D eigenvalue weighted by molar-refractivity contribution is -0.389. The Balaban J connectivity index is 2.13. The largest absolute Gasteiger partial charge is 0.363 e. The molecule has 0 aliphatic rings. The van der Waals surface area contributed by atoms with Crippen LogP contribution in [0.25, 0.3) is 0 Å². The van der Waals surface area contributed by atoms with E-state index in [1.54, 1.807) is 0 Å². The van der Waals surface area contributed by atoms with E-state index < -0.39 is 20.8 Å². The van der Waals surface area contributed by atoms with Gasteiger partial charge in [-0.3, -0.25) is 5.10 Å². The summed E-state index contributed by atoms with van der Waals surface area (Å²) in [5.74, 6) is -0.0763. The number of nitrogens with zero attached hydrogens (tertiary/aromatic N) is 4. The first-order chi connectivity index (χ1) is 8.99. The molecular formula is C8H8N6O4S. The van der Waals surface area contributed by atoms with E-state index in [-0.39, 0.29) is 11.4 Å². The molecule has 0 aromatic carbocycles. The Labute approximate surface area is 107 Å². The Bertz CT molecular complexity index is 666. The number of aromatic amines is 1. The number of nitro groups is 1. The number of H-pyrrole nitrogens is 1. The van der Waals surface area contributed by atoms with Crippen LogP contribution in [0.1, 0.15) is 5.82 Å². The maximum atomic E-state index is 11.8. The predicted octanol–water partition coefficient (Wildman–Crippen LogP) is -0.414. The van der Waals surface area contributed by atoms with Crippen LogP contribution >= 0.6 is 0 Å². The fourth-order valence-electron chi connectivity index (χ4n) is 1.20. The Kier molecular flexibility index (Phi) is 3.48. The summed E-state index contributed by atoms with van der Waals surface area (Å²) in [4.78, 5) is 16.7. The van der Waals surface area contributed by atoms with E-state index in [1.807, 2.05) is 0 Å². The number of pyridine rings is 1. The van der Waals surface area contributed by atoms with E-state index in [2.05, 4.69) is 24.9 Å². The monoisotopic (exact) mass is 284 g/mol. The zero-order valence-electron chi connectivity index (χ0n) is 9.35. The van der Waals surface area contributed by atoms with E-state index in [0.717, 1.165) is 18.3 Å². The SMILES string of the molecule is O=[N+]([O-])c1ccc(S(=O)(=O)NCc2ncn[nH]2)cn1. The molecule has 0 aliphatic carbocycles. The highest BCUT2D eigenvalue weighted by Crippen LogP contribution is 2.12. The lowest BCUT2D eigenvalue weighted by Gasteiger charge is -2.03. The third kappa shape index (κ3) is 3.08. The number of sulfonamides is 1. The molecule has 11 heteroatoms. The molecule has 0 amide bonds. The molecule has 0 saturated heterocycles. The zero-order valence-corrected chi connectivity index (χ0v) is 10.2. The smallest absolute Gasteiger partial charge is 0.358 e. The summed E-state index contributed by atoms with van der Waals surface area (Å²) in [6, 6.07) is 2.12. The minimum absolute atomic E-state index is 0.0701. The molecule has 100 valence electrons. The van der Waals surface area contributed by atoms with Crippen molar-refractivity contribution in [2.24, 2.45) is 0 Å². The van der Waals surface area contributed by atoms with E-state index >= 15 is 0 Å². The van der Waals surface area contributed by atoms with Crippen LogP contribution in [0, 0.1) is 10.1 Å². The minimum atomic E-state index is -3.80. The average Bonchev–Trinajstić information content (AvgIpc) is 2.90. The van der Waals surface area contributed by atoms with Gasteiger partial charge in [-0.05, 0) is 16.0 Å². The van der Waals surface area contributed by atoms with Gasteiger partial charge in [0.1, 0.15) is 17.0 Å². The van der Waals surface area contributed by atoms with Crippen LogP contribution < -0.4 is 4.72 Å². The van der Waals surface area contributed by atoms with Gasteiger partial charge in [0.15, 0.2) is 6.20 Å². The molecule has 0 spiro atoms. The van der Waals surface area contributed by atoms with Crippen molar-refractivity contribution in [1.82, 2.24) is 24.9 Å². The summed E-state index contributed by atoms with van der Waals surface area (Å²) >= 11 is 0. The van der Waals surface area contributed by atoms with Crippen LogP contribution in [0.15, 0.2) is 29.6 Å². The highest BCUT2D eigenvalue weighted by Gasteiger charge is 2.18. The number of nitrogens with one attached hydrogen (secondary N) is 2. The molecule has 0 bridgehead atoms. The molecule has 2 aromatic rings. The number of rotatable bonds is 5. The van der Waals surface area contributed by atoms with Crippen LogP contribution in [0.2, 0.25) is 0 Å². The topological polar surface area (TPSA) is 144 Å². The molecule has 2 rings (SSSR count). The second-order valence-corrected chi connectivity index (χ2v) is 5.13.